The SMILES string of the molecule is Cc1cccc(SCc2nc(-c3ccc(N)cc3)cs2)c1. The second-order valence-corrected chi connectivity index (χ2v) is 6.85. The minimum absolute atomic E-state index is 0.782. The predicted octanol–water partition coefficient (Wildman–Crippen LogP) is 4.99. The highest BCUT2D eigenvalue weighted by atomic mass is 32.2. The smallest absolute Gasteiger partial charge is 0.104 e. The fourth-order valence-corrected chi connectivity index (χ4v) is 3.85. The fraction of sp³-hybridized carbons (Fsp3) is 0.118. The zero-order valence-corrected chi connectivity index (χ0v) is 13.4. The molecule has 2 nitrogen and oxygen atoms in total. The van der Waals surface area contributed by atoms with Crippen LogP contribution in [0.4, 0.5) is 5.69 Å². The van der Waals surface area contributed by atoms with Crippen LogP contribution in [0.15, 0.2) is 58.8 Å². The number of anilines is 1. The van der Waals surface area contributed by atoms with Crippen molar-refractivity contribution >= 4 is 28.8 Å². The van der Waals surface area contributed by atoms with Gasteiger partial charge in [-0.2, -0.15) is 0 Å². The Bertz CT molecular complexity index is 733. The van der Waals surface area contributed by atoms with Crippen molar-refractivity contribution in [2.24, 2.45) is 0 Å². The number of hydrogen-bond acceptors (Lipinski definition) is 4. The molecule has 106 valence electrons. The molecule has 0 aliphatic carbocycles. The van der Waals surface area contributed by atoms with Crippen LogP contribution >= 0.6 is 23.1 Å². The van der Waals surface area contributed by atoms with Gasteiger partial charge in [0.25, 0.3) is 0 Å². The molecule has 0 aliphatic heterocycles. The predicted molar refractivity (Wildman–Crippen MR) is 92.7 cm³/mol. The maximum Gasteiger partial charge on any atom is 0.104 e. The van der Waals surface area contributed by atoms with Gasteiger partial charge in [0.1, 0.15) is 5.01 Å². The average Bonchev–Trinajstić information content (AvgIpc) is 2.95. The number of aryl methyl sites for hydroxylation is 1. The maximum absolute atomic E-state index is 5.71. The molecule has 3 aromatic rings. The third kappa shape index (κ3) is 3.65. The van der Waals surface area contributed by atoms with Gasteiger partial charge in [-0.3, -0.25) is 0 Å². The Labute approximate surface area is 133 Å². The lowest BCUT2D eigenvalue weighted by molar-refractivity contribution is 1.26. The number of nitrogens with zero attached hydrogens (tertiary/aromatic N) is 1. The molecule has 0 unspecified atom stereocenters. The summed E-state index contributed by atoms with van der Waals surface area (Å²) in [5.41, 5.74) is 9.93. The van der Waals surface area contributed by atoms with Crippen molar-refractivity contribution in [3.8, 4) is 11.3 Å². The highest BCUT2D eigenvalue weighted by Crippen LogP contribution is 2.28. The lowest BCUT2D eigenvalue weighted by Gasteiger charge is -2.00. The molecule has 2 N–H and O–H groups in total. The van der Waals surface area contributed by atoms with E-state index in [0.717, 1.165) is 27.7 Å². The molecular formula is C17H16N2S2. The van der Waals surface area contributed by atoms with E-state index in [-0.39, 0.29) is 0 Å². The molecule has 3 rings (SSSR count). The Balaban J connectivity index is 1.69. The molecule has 21 heavy (non-hydrogen) atoms. The number of thioether (sulfide) groups is 1. The first-order chi connectivity index (χ1) is 10.2. The minimum atomic E-state index is 0.782. The topological polar surface area (TPSA) is 38.9 Å². The van der Waals surface area contributed by atoms with Gasteiger partial charge in [-0.25, -0.2) is 4.98 Å². The largest absolute Gasteiger partial charge is 0.399 e. The molecular weight excluding hydrogens is 296 g/mol. The summed E-state index contributed by atoms with van der Waals surface area (Å²) >= 11 is 3.54. The van der Waals surface area contributed by atoms with Crippen LogP contribution in [0, 0.1) is 6.92 Å². The molecule has 1 heterocycles. The van der Waals surface area contributed by atoms with Gasteiger partial charge in [-0.05, 0) is 31.2 Å². The zero-order valence-electron chi connectivity index (χ0n) is 11.7. The Hall–Kier alpha value is -1.78. The highest BCUT2D eigenvalue weighted by molar-refractivity contribution is 7.98. The zero-order chi connectivity index (χ0) is 14.7. The van der Waals surface area contributed by atoms with E-state index in [1.165, 1.54) is 10.5 Å². The number of hydrogen-bond donors (Lipinski definition) is 1. The van der Waals surface area contributed by atoms with Crippen molar-refractivity contribution in [1.29, 1.82) is 0 Å². The molecule has 0 spiro atoms. The van der Waals surface area contributed by atoms with Crippen LogP contribution in [0.25, 0.3) is 11.3 Å². The summed E-state index contributed by atoms with van der Waals surface area (Å²) in [6.45, 7) is 2.12. The molecule has 0 saturated heterocycles. The van der Waals surface area contributed by atoms with E-state index in [4.69, 9.17) is 10.7 Å². The molecule has 0 saturated carbocycles. The monoisotopic (exact) mass is 312 g/mol. The lowest BCUT2D eigenvalue weighted by Crippen LogP contribution is -1.85. The third-order valence-corrected chi connectivity index (χ3v) is 5.15. The van der Waals surface area contributed by atoms with Gasteiger partial charge in [-0.1, -0.05) is 29.8 Å². The van der Waals surface area contributed by atoms with Crippen LogP contribution in [0.1, 0.15) is 10.6 Å². The Kier molecular flexibility index (Phi) is 4.27. The first-order valence-corrected chi connectivity index (χ1v) is 8.57. The van der Waals surface area contributed by atoms with Crippen molar-refractivity contribution < 1.29 is 0 Å². The molecule has 0 aliphatic rings. The van der Waals surface area contributed by atoms with E-state index < -0.39 is 0 Å². The number of thiazole rings is 1. The Morgan fingerprint density at radius 3 is 2.71 bits per heavy atom. The molecule has 1 aromatic heterocycles. The molecule has 0 amide bonds. The third-order valence-electron chi connectivity index (χ3n) is 3.11. The Morgan fingerprint density at radius 2 is 1.95 bits per heavy atom. The van der Waals surface area contributed by atoms with Gasteiger partial charge in [0, 0.05) is 21.5 Å². The van der Waals surface area contributed by atoms with Crippen molar-refractivity contribution in [1.82, 2.24) is 4.98 Å². The first kappa shape index (κ1) is 14.2. The first-order valence-electron chi connectivity index (χ1n) is 6.70. The summed E-state index contributed by atoms with van der Waals surface area (Å²) in [4.78, 5) is 6.00. The normalized spacial score (nSPS) is 10.7. The standard InChI is InChI=1S/C17H16N2S2/c1-12-3-2-4-15(9-12)20-11-17-19-16(10-21-17)13-5-7-14(18)8-6-13/h2-10H,11,18H2,1H3. The van der Waals surface area contributed by atoms with E-state index in [2.05, 4.69) is 36.6 Å². The van der Waals surface area contributed by atoms with E-state index in [1.54, 1.807) is 11.3 Å². The molecule has 0 radical (unpaired) electrons. The van der Waals surface area contributed by atoms with Crippen molar-refractivity contribution in [2.45, 2.75) is 17.6 Å². The van der Waals surface area contributed by atoms with Gasteiger partial charge in [0.05, 0.1) is 11.4 Å². The van der Waals surface area contributed by atoms with Crippen LogP contribution in [0.5, 0.6) is 0 Å². The van der Waals surface area contributed by atoms with Crippen LogP contribution in [0.3, 0.4) is 0 Å². The van der Waals surface area contributed by atoms with Crippen LogP contribution in [0.2, 0.25) is 0 Å². The molecule has 0 fully saturated rings. The van der Waals surface area contributed by atoms with Crippen LogP contribution in [-0.4, -0.2) is 4.98 Å². The van der Waals surface area contributed by atoms with Gasteiger partial charge in [0.2, 0.25) is 0 Å². The van der Waals surface area contributed by atoms with Gasteiger partial charge in [0.15, 0.2) is 0 Å². The fourth-order valence-electron chi connectivity index (χ4n) is 2.01. The van der Waals surface area contributed by atoms with E-state index >= 15 is 0 Å². The number of rotatable bonds is 4. The lowest BCUT2D eigenvalue weighted by atomic mass is 10.1. The average molecular weight is 312 g/mol. The summed E-state index contributed by atoms with van der Waals surface area (Å²) in [5, 5.41) is 3.26. The number of nitrogens with two attached hydrogens (primary N) is 1. The van der Waals surface area contributed by atoms with E-state index in [0.29, 0.717) is 0 Å². The quantitative estimate of drug-likeness (QED) is 0.544. The van der Waals surface area contributed by atoms with Crippen molar-refractivity contribution in [2.75, 3.05) is 5.73 Å². The van der Waals surface area contributed by atoms with Crippen LogP contribution < -0.4 is 5.73 Å². The van der Waals surface area contributed by atoms with E-state index in [1.807, 2.05) is 36.0 Å². The molecule has 2 aromatic carbocycles. The number of nitrogen functional groups attached to an aromatic ring is 1. The van der Waals surface area contributed by atoms with Crippen molar-refractivity contribution in [3.63, 3.8) is 0 Å². The minimum Gasteiger partial charge on any atom is -0.399 e. The summed E-state index contributed by atoms with van der Waals surface area (Å²) in [5.74, 6) is 0.906. The van der Waals surface area contributed by atoms with Crippen molar-refractivity contribution in [3.05, 3.63) is 64.5 Å². The van der Waals surface area contributed by atoms with E-state index in [9.17, 15) is 0 Å². The summed E-state index contributed by atoms with van der Waals surface area (Å²) < 4.78 is 0. The summed E-state index contributed by atoms with van der Waals surface area (Å²) in [6.07, 6.45) is 0. The van der Waals surface area contributed by atoms with Gasteiger partial charge >= 0.3 is 0 Å². The van der Waals surface area contributed by atoms with Crippen LogP contribution in [-0.2, 0) is 5.75 Å². The molecule has 4 heteroatoms. The summed E-state index contributed by atoms with van der Waals surface area (Å²) in [6, 6.07) is 16.4. The highest BCUT2D eigenvalue weighted by Gasteiger charge is 2.05. The maximum atomic E-state index is 5.71. The second-order valence-electron chi connectivity index (χ2n) is 4.85. The molecule has 0 bridgehead atoms. The molecule has 0 atom stereocenters. The Morgan fingerprint density at radius 1 is 1.14 bits per heavy atom. The summed E-state index contributed by atoms with van der Waals surface area (Å²) in [7, 11) is 0. The number of aromatic nitrogens is 1. The van der Waals surface area contributed by atoms with Gasteiger partial charge < -0.3 is 5.73 Å². The number of benzene rings is 2. The second kappa shape index (κ2) is 6.33. The van der Waals surface area contributed by atoms with Gasteiger partial charge in [-0.15, -0.1) is 23.1 Å².